The first-order valence-electron chi connectivity index (χ1n) is 7.39. The number of thiazole rings is 1. The van der Waals surface area contributed by atoms with Crippen molar-refractivity contribution in [2.75, 3.05) is 12.4 Å². The smallest absolute Gasteiger partial charge is 0.275 e. The topological polar surface area (TPSA) is 51.2 Å². The van der Waals surface area contributed by atoms with Crippen molar-refractivity contribution < 1.29 is 9.53 Å². The Kier molecular flexibility index (Phi) is 5.58. The van der Waals surface area contributed by atoms with E-state index in [4.69, 9.17) is 27.9 Å². The van der Waals surface area contributed by atoms with Gasteiger partial charge in [-0.3, -0.25) is 4.79 Å². The Morgan fingerprint density at radius 1 is 1.20 bits per heavy atom. The number of aromatic nitrogens is 1. The van der Waals surface area contributed by atoms with Gasteiger partial charge < -0.3 is 10.1 Å². The molecule has 2 aromatic carbocycles. The number of halogens is 2. The van der Waals surface area contributed by atoms with Gasteiger partial charge in [0.15, 0.2) is 0 Å². The standard InChI is InChI=1S/C18H14Cl2N2O2S/c1-24-13-5-2-11(3-6-13)8-17-21-16(10-25-17)18(23)22-15-9-12(19)4-7-14(15)20/h2-7,9-10H,8H2,1H3,(H,22,23). The summed E-state index contributed by atoms with van der Waals surface area (Å²) < 4.78 is 5.14. The number of nitrogens with one attached hydrogen (secondary N) is 1. The number of carbonyl (C=O) groups excluding carboxylic acids is 1. The van der Waals surface area contributed by atoms with E-state index in [9.17, 15) is 4.79 Å². The van der Waals surface area contributed by atoms with Crippen LogP contribution >= 0.6 is 34.5 Å². The highest BCUT2D eigenvalue weighted by Gasteiger charge is 2.13. The SMILES string of the molecule is COc1ccc(Cc2nc(C(=O)Nc3cc(Cl)ccc3Cl)cs2)cc1. The Balaban J connectivity index is 1.69. The molecule has 128 valence electrons. The number of anilines is 1. The van der Waals surface area contributed by atoms with Crippen LogP contribution in [0.1, 0.15) is 21.1 Å². The van der Waals surface area contributed by atoms with Crippen LogP contribution in [0.5, 0.6) is 5.75 Å². The molecular formula is C18H14Cl2N2O2S. The maximum atomic E-state index is 12.3. The summed E-state index contributed by atoms with van der Waals surface area (Å²) in [5.41, 5.74) is 1.91. The Morgan fingerprint density at radius 3 is 2.68 bits per heavy atom. The fourth-order valence-corrected chi connectivity index (χ4v) is 3.34. The zero-order chi connectivity index (χ0) is 17.8. The van der Waals surface area contributed by atoms with E-state index in [0.29, 0.717) is 27.8 Å². The normalized spacial score (nSPS) is 10.5. The number of hydrogen-bond acceptors (Lipinski definition) is 4. The van der Waals surface area contributed by atoms with E-state index in [1.165, 1.54) is 11.3 Å². The van der Waals surface area contributed by atoms with Crippen LogP contribution in [0.4, 0.5) is 5.69 Å². The fourth-order valence-electron chi connectivity index (χ4n) is 2.19. The van der Waals surface area contributed by atoms with Crippen molar-refractivity contribution in [3.05, 3.63) is 74.2 Å². The second-order valence-corrected chi connectivity index (χ2v) is 7.02. The highest BCUT2D eigenvalue weighted by atomic mass is 35.5. The Labute approximate surface area is 159 Å². The van der Waals surface area contributed by atoms with Gasteiger partial charge in [0.2, 0.25) is 0 Å². The summed E-state index contributed by atoms with van der Waals surface area (Å²) in [4.78, 5) is 16.7. The minimum atomic E-state index is -0.318. The lowest BCUT2D eigenvalue weighted by Crippen LogP contribution is -2.12. The van der Waals surface area contributed by atoms with Crippen molar-refractivity contribution in [1.29, 1.82) is 0 Å². The average molecular weight is 393 g/mol. The molecule has 0 saturated carbocycles. The van der Waals surface area contributed by atoms with Crippen molar-refractivity contribution in [2.45, 2.75) is 6.42 Å². The number of hydrogen-bond donors (Lipinski definition) is 1. The van der Waals surface area contributed by atoms with E-state index in [-0.39, 0.29) is 5.91 Å². The monoisotopic (exact) mass is 392 g/mol. The van der Waals surface area contributed by atoms with Gasteiger partial charge in [0.05, 0.1) is 22.8 Å². The van der Waals surface area contributed by atoms with Crippen molar-refractivity contribution in [1.82, 2.24) is 4.98 Å². The van der Waals surface area contributed by atoms with Gasteiger partial charge in [0.25, 0.3) is 5.91 Å². The molecule has 1 amide bonds. The molecule has 7 heteroatoms. The summed E-state index contributed by atoms with van der Waals surface area (Å²) in [5, 5.41) is 6.24. The summed E-state index contributed by atoms with van der Waals surface area (Å²) in [6, 6.07) is 12.7. The zero-order valence-electron chi connectivity index (χ0n) is 13.3. The van der Waals surface area contributed by atoms with E-state index in [1.807, 2.05) is 24.3 Å². The third-order valence-electron chi connectivity index (χ3n) is 3.48. The van der Waals surface area contributed by atoms with Crippen molar-refractivity contribution >= 4 is 46.1 Å². The quantitative estimate of drug-likeness (QED) is 0.640. The van der Waals surface area contributed by atoms with Gasteiger partial charge in [-0.1, -0.05) is 35.3 Å². The van der Waals surface area contributed by atoms with Gasteiger partial charge >= 0.3 is 0 Å². The van der Waals surface area contributed by atoms with Crippen LogP contribution in [0.2, 0.25) is 10.0 Å². The van der Waals surface area contributed by atoms with Crippen molar-refractivity contribution in [3.63, 3.8) is 0 Å². The van der Waals surface area contributed by atoms with Crippen LogP contribution in [0.15, 0.2) is 47.8 Å². The second-order valence-electron chi connectivity index (χ2n) is 5.23. The highest BCUT2D eigenvalue weighted by molar-refractivity contribution is 7.09. The highest BCUT2D eigenvalue weighted by Crippen LogP contribution is 2.26. The molecule has 1 N–H and O–H groups in total. The number of carbonyl (C=O) groups is 1. The molecule has 0 aliphatic carbocycles. The van der Waals surface area contributed by atoms with E-state index in [1.54, 1.807) is 30.7 Å². The third kappa shape index (κ3) is 4.51. The molecule has 0 bridgehead atoms. The molecule has 0 aliphatic rings. The van der Waals surface area contributed by atoms with Gasteiger partial charge in [0, 0.05) is 16.8 Å². The summed E-state index contributed by atoms with van der Waals surface area (Å²) in [5.74, 6) is 0.489. The molecule has 0 radical (unpaired) electrons. The molecule has 0 spiro atoms. The number of benzene rings is 2. The molecule has 0 unspecified atom stereocenters. The molecule has 1 heterocycles. The Hall–Kier alpha value is -2.08. The molecule has 1 aromatic heterocycles. The molecule has 0 atom stereocenters. The Bertz CT molecular complexity index is 894. The van der Waals surface area contributed by atoms with Gasteiger partial charge in [-0.2, -0.15) is 0 Å². The van der Waals surface area contributed by atoms with Gasteiger partial charge in [0.1, 0.15) is 11.4 Å². The molecule has 0 fully saturated rings. The zero-order valence-corrected chi connectivity index (χ0v) is 15.6. The van der Waals surface area contributed by atoms with E-state index >= 15 is 0 Å². The van der Waals surface area contributed by atoms with Crippen molar-refractivity contribution in [2.24, 2.45) is 0 Å². The molecule has 3 rings (SSSR count). The number of ether oxygens (including phenoxy) is 1. The summed E-state index contributed by atoms with van der Waals surface area (Å²) >= 11 is 13.4. The molecular weight excluding hydrogens is 379 g/mol. The minimum absolute atomic E-state index is 0.318. The number of nitrogens with zero attached hydrogens (tertiary/aromatic N) is 1. The van der Waals surface area contributed by atoms with Crippen LogP contribution in [-0.4, -0.2) is 18.0 Å². The fraction of sp³-hybridized carbons (Fsp3) is 0.111. The Morgan fingerprint density at radius 2 is 1.96 bits per heavy atom. The molecule has 3 aromatic rings. The predicted molar refractivity (Wildman–Crippen MR) is 102 cm³/mol. The third-order valence-corrected chi connectivity index (χ3v) is 4.89. The first kappa shape index (κ1) is 17.7. The first-order valence-corrected chi connectivity index (χ1v) is 9.02. The maximum absolute atomic E-state index is 12.3. The second kappa shape index (κ2) is 7.87. The lowest BCUT2D eigenvalue weighted by Gasteiger charge is -2.06. The van der Waals surface area contributed by atoms with Crippen LogP contribution in [0, 0.1) is 0 Å². The average Bonchev–Trinajstić information content (AvgIpc) is 3.07. The summed E-state index contributed by atoms with van der Waals surface area (Å²) in [6.45, 7) is 0. The van der Waals surface area contributed by atoms with Gasteiger partial charge in [-0.05, 0) is 35.9 Å². The lowest BCUT2D eigenvalue weighted by molar-refractivity contribution is 0.102. The molecule has 4 nitrogen and oxygen atoms in total. The first-order chi connectivity index (χ1) is 12.0. The summed E-state index contributed by atoms with van der Waals surface area (Å²) in [6.07, 6.45) is 0.653. The number of rotatable bonds is 5. The van der Waals surface area contributed by atoms with E-state index in [0.717, 1.165) is 16.3 Å². The van der Waals surface area contributed by atoms with Crippen molar-refractivity contribution in [3.8, 4) is 5.75 Å². The van der Waals surface area contributed by atoms with Crippen LogP contribution < -0.4 is 10.1 Å². The number of amides is 1. The van der Waals surface area contributed by atoms with Crippen LogP contribution in [0.3, 0.4) is 0 Å². The van der Waals surface area contributed by atoms with E-state index in [2.05, 4.69) is 10.3 Å². The summed E-state index contributed by atoms with van der Waals surface area (Å²) in [7, 11) is 1.63. The maximum Gasteiger partial charge on any atom is 0.275 e. The van der Waals surface area contributed by atoms with Gasteiger partial charge in [-0.25, -0.2) is 4.98 Å². The lowest BCUT2D eigenvalue weighted by atomic mass is 10.1. The van der Waals surface area contributed by atoms with Gasteiger partial charge in [-0.15, -0.1) is 11.3 Å². The van der Waals surface area contributed by atoms with E-state index < -0.39 is 0 Å². The molecule has 0 saturated heterocycles. The molecule has 25 heavy (non-hydrogen) atoms. The molecule has 0 aliphatic heterocycles. The predicted octanol–water partition coefficient (Wildman–Crippen LogP) is 5.30. The number of methoxy groups -OCH3 is 1. The van der Waals surface area contributed by atoms with Crippen LogP contribution in [-0.2, 0) is 6.42 Å². The largest absolute Gasteiger partial charge is 0.497 e. The minimum Gasteiger partial charge on any atom is -0.497 e. The van der Waals surface area contributed by atoms with Crippen LogP contribution in [0.25, 0.3) is 0 Å².